The van der Waals surface area contributed by atoms with Crippen molar-refractivity contribution in [2.45, 2.75) is 41.7 Å². The Morgan fingerprint density at radius 3 is 0.846 bits per heavy atom. The zero-order valence-electron chi connectivity index (χ0n) is 7.54. The predicted octanol–water partition coefficient (Wildman–Crippen LogP) is 6.17. The second-order valence-corrected chi connectivity index (χ2v) is 5.81. The summed E-state index contributed by atoms with van der Waals surface area (Å²) in [6.07, 6.45) is 4.08. The van der Waals surface area contributed by atoms with Gasteiger partial charge in [-0.05, 0) is 0 Å². The summed E-state index contributed by atoms with van der Waals surface area (Å²) >= 11 is 28.8. The number of unbranched alkanes of at least 4 members (excludes halogenated alkanes) is 2. The summed E-state index contributed by atoms with van der Waals surface area (Å²) in [5.74, 6) is 0. The summed E-state index contributed by atoms with van der Waals surface area (Å²) in [7, 11) is 0. The van der Waals surface area contributed by atoms with Crippen molar-refractivity contribution in [1.29, 1.82) is 0 Å². The molecule has 0 heterocycles. The van der Waals surface area contributed by atoms with Gasteiger partial charge in [-0.3, -0.25) is 0 Å². The summed E-state index contributed by atoms with van der Waals surface area (Å²) in [5, 5.41) is 0. The molecule has 0 aromatic heterocycles. The van der Waals surface area contributed by atoms with E-state index in [1.165, 1.54) is 19.3 Å². The van der Waals surface area contributed by atoms with Gasteiger partial charge >= 0.3 is 0 Å². The molecular weight excluding hydrogens is 297 g/mol. The van der Waals surface area contributed by atoms with Gasteiger partial charge < -0.3 is 0 Å². The topological polar surface area (TPSA) is 0 Å². The van der Waals surface area contributed by atoms with Crippen molar-refractivity contribution in [1.82, 2.24) is 0 Å². The molecule has 0 N–H and O–H groups in total. The van der Waals surface area contributed by atoms with Gasteiger partial charge in [0.1, 0.15) is 0 Å². The Morgan fingerprint density at radius 1 is 0.692 bits per heavy atom. The van der Waals surface area contributed by atoms with E-state index >= 15 is 0 Å². The van der Waals surface area contributed by atoms with Gasteiger partial charge in [0.05, 0.1) is 0 Å². The third-order valence-electron chi connectivity index (χ3n) is 0.707. The zero-order chi connectivity index (χ0) is 11.3. The molecular formula is C7H14Cl6. The molecule has 0 spiro atoms. The molecule has 0 bridgehead atoms. The SMILES string of the molecule is CCCCC.ClC(Cl)Cl.ClC(Cl)Cl. The van der Waals surface area contributed by atoms with Crippen LogP contribution in [0.4, 0.5) is 0 Å². The largest absolute Gasteiger partial charge is 0.180 e. The normalized spacial score (nSPS) is 8.77. The molecule has 0 rings (SSSR count). The first kappa shape index (κ1) is 20.2. The molecule has 0 aromatic carbocycles. The highest BCUT2D eigenvalue weighted by atomic mass is 35.6. The van der Waals surface area contributed by atoms with Crippen LogP contribution in [0.15, 0.2) is 0 Å². The Balaban J connectivity index is -0.000000117. The molecule has 6 heteroatoms. The van der Waals surface area contributed by atoms with E-state index in [9.17, 15) is 0 Å². The average molecular weight is 311 g/mol. The first-order chi connectivity index (χ1) is 5.88. The van der Waals surface area contributed by atoms with Crippen LogP contribution in [0.2, 0.25) is 0 Å². The summed E-state index contributed by atoms with van der Waals surface area (Å²) < 4.78 is -1.50. The molecule has 13 heavy (non-hydrogen) atoms. The number of halogens is 6. The van der Waals surface area contributed by atoms with Crippen molar-refractivity contribution in [3.8, 4) is 0 Å². The van der Waals surface area contributed by atoms with Crippen LogP contribution in [0.3, 0.4) is 0 Å². The minimum atomic E-state index is -0.750. The number of hydrogen-bond acceptors (Lipinski definition) is 0. The summed E-state index contributed by atoms with van der Waals surface area (Å²) in [6.45, 7) is 4.42. The first-order valence-electron chi connectivity index (χ1n) is 3.72. The van der Waals surface area contributed by atoms with E-state index < -0.39 is 8.59 Å². The van der Waals surface area contributed by atoms with Crippen molar-refractivity contribution in [2.24, 2.45) is 0 Å². The zero-order valence-corrected chi connectivity index (χ0v) is 12.1. The third kappa shape index (κ3) is 135. The Hall–Kier alpha value is 1.74. The molecule has 0 fully saturated rings. The summed E-state index contributed by atoms with van der Waals surface area (Å²) in [4.78, 5) is 0. The van der Waals surface area contributed by atoms with Gasteiger partial charge in [0, 0.05) is 0 Å². The van der Waals surface area contributed by atoms with Gasteiger partial charge in [0.25, 0.3) is 0 Å². The van der Waals surface area contributed by atoms with Crippen LogP contribution in [0.25, 0.3) is 0 Å². The number of hydrogen-bond donors (Lipinski definition) is 0. The number of rotatable bonds is 2. The predicted molar refractivity (Wildman–Crippen MR) is 67.9 cm³/mol. The lowest BCUT2D eigenvalue weighted by Crippen LogP contribution is -1.59. The van der Waals surface area contributed by atoms with E-state index in [-0.39, 0.29) is 0 Å². The smallest absolute Gasteiger partial charge is 0.0874 e. The quantitative estimate of drug-likeness (QED) is 0.535. The Labute approximate surface area is 111 Å². The molecule has 0 unspecified atom stereocenters. The van der Waals surface area contributed by atoms with E-state index in [1.54, 1.807) is 0 Å². The minimum absolute atomic E-state index is 0.750. The van der Waals surface area contributed by atoms with Crippen molar-refractivity contribution < 1.29 is 0 Å². The molecule has 0 amide bonds. The Kier molecular flexibility index (Phi) is 30.0. The standard InChI is InChI=1S/C5H12.2CHCl3/c1-3-5-4-2;2*2-1(3)4/h3-5H2,1-2H3;2*1H. The maximum Gasteiger partial charge on any atom is 0.180 e. The average Bonchev–Trinajstić information content (AvgIpc) is 1.86. The molecule has 0 nitrogen and oxygen atoms in total. The molecule has 0 aliphatic heterocycles. The van der Waals surface area contributed by atoms with E-state index in [0.29, 0.717) is 0 Å². The van der Waals surface area contributed by atoms with E-state index in [2.05, 4.69) is 13.8 Å². The lowest BCUT2D eigenvalue weighted by Gasteiger charge is -1.79. The Morgan fingerprint density at radius 2 is 0.846 bits per heavy atom. The number of alkyl halides is 6. The van der Waals surface area contributed by atoms with Crippen LogP contribution in [0.5, 0.6) is 0 Å². The van der Waals surface area contributed by atoms with E-state index in [0.717, 1.165) is 0 Å². The lowest BCUT2D eigenvalue weighted by molar-refractivity contribution is 0.772. The molecule has 0 aliphatic carbocycles. The van der Waals surface area contributed by atoms with Gasteiger partial charge in [-0.2, -0.15) is 0 Å². The fourth-order valence-electron chi connectivity index (χ4n) is 0.354. The molecule has 0 atom stereocenters. The first-order valence-corrected chi connectivity index (χ1v) is 6.34. The van der Waals surface area contributed by atoms with Gasteiger partial charge in [0.2, 0.25) is 0 Å². The third-order valence-corrected chi connectivity index (χ3v) is 0.707. The van der Waals surface area contributed by atoms with Crippen LogP contribution in [0.1, 0.15) is 33.1 Å². The van der Waals surface area contributed by atoms with Crippen molar-refractivity contribution >= 4 is 69.6 Å². The minimum Gasteiger partial charge on any atom is -0.0874 e. The monoisotopic (exact) mass is 308 g/mol. The van der Waals surface area contributed by atoms with Crippen LogP contribution < -0.4 is 0 Å². The van der Waals surface area contributed by atoms with Crippen LogP contribution >= 0.6 is 69.6 Å². The fraction of sp³-hybridized carbons (Fsp3) is 1.00. The highest BCUT2D eigenvalue weighted by Crippen LogP contribution is 2.04. The highest BCUT2D eigenvalue weighted by molar-refractivity contribution is 6.63. The molecule has 0 aromatic rings. The second kappa shape index (κ2) is 19.3. The van der Waals surface area contributed by atoms with E-state index in [4.69, 9.17) is 69.6 Å². The molecule has 0 saturated heterocycles. The summed E-state index contributed by atoms with van der Waals surface area (Å²) in [6, 6.07) is 0. The van der Waals surface area contributed by atoms with E-state index in [1.807, 2.05) is 0 Å². The molecule has 0 aliphatic rings. The van der Waals surface area contributed by atoms with Crippen LogP contribution in [-0.2, 0) is 0 Å². The lowest BCUT2D eigenvalue weighted by atomic mass is 10.3. The summed E-state index contributed by atoms with van der Waals surface area (Å²) in [5.41, 5.74) is 0. The van der Waals surface area contributed by atoms with Gasteiger partial charge in [-0.25, -0.2) is 0 Å². The molecule has 0 radical (unpaired) electrons. The second-order valence-electron chi connectivity index (χ2n) is 1.85. The van der Waals surface area contributed by atoms with Gasteiger partial charge in [-0.15, -0.1) is 0 Å². The maximum atomic E-state index is 4.81. The highest BCUT2D eigenvalue weighted by Gasteiger charge is 1.79. The fourth-order valence-corrected chi connectivity index (χ4v) is 0.354. The van der Waals surface area contributed by atoms with Crippen molar-refractivity contribution in [2.75, 3.05) is 0 Å². The Bertz CT molecular complexity index is 52.5. The van der Waals surface area contributed by atoms with Gasteiger partial charge in [-0.1, -0.05) is 103 Å². The van der Waals surface area contributed by atoms with Crippen LogP contribution in [-0.4, -0.2) is 8.59 Å². The maximum absolute atomic E-state index is 4.81. The molecule has 84 valence electrons. The van der Waals surface area contributed by atoms with Crippen molar-refractivity contribution in [3.63, 3.8) is 0 Å². The van der Waals surface area contributed by atoms with Crippen LogP contribution in [0, 0.1) is 0 Å². The van der Waals surface area contributed by atoms with Crippen molar-refractivity contribution in [3.05, 3.63) is 0 Å². The molecule has 0 saturated carbocycles. The van der Waals surface area contributed by atoms with Gasteiger partial charge in [0.15, 0.2) is 8.59 Å².